The molecule has 2 aromatic carbocycles. The minimum atomic E-state index is -0.587. The van der Waals surface area contributed by atoms with Gasteiger partial charge in [-0.1, -0.05) is 6.07 Å². The van der Waals surface area contributed by atoms with Crippen molar-refractivity contribution in [2.45, 2.75) is 0 Å². The molecule has 0 heterocycles. The van der Waals surface area contributed by atoms with Crippen LogP contribution in [0.1, 0.15) is 0 Å². The van der Waals surface area contributed by atoms with E-state index in [1.165, 1.54) is 37.4 Å². The smallest absolute Gasteiger partial charge is 0.323 e. The third-order valence-electron chi connectivity index (χ3n) is 2.54. The number of nitrogens with one attached hydrogen (secondary N) is 2. The van der Waals surface area contributed by atoms with Crippen LogP contribution in [-0.2, 0) is 0 Å². The lowest BCUT2D eigenvalue weighted by Gasteiger charge is -2.10. The summed E-state index contributed by atoms with van der Waals surface area (Å²) in [5.41, 5.74) is 0.537. The summed E-state index contributed by atoms with van der Waals surface area (Å²) in [6.07, 6.45) is 0. The third-order valence-corrected chi connectivity index (χ3v) is 2.54. The molecule has 0 unspecified atom stereocenters. The molecule has 3 N–H and O–H groups in total. The Labute approximate surface area is 115 Å². The first-order valence-electron chi connectivity index (χ1n) is 5.79. The lowest BCUT2D eigenvalue weighted by molar-refractivity contribution is 0.262. The Morgan fingerprint density at radius 3 is 2.65 bits per heavy atom. The van der Waals surface area contributed by atoms with Gasteiger partial charge in [0.2, 0.25) is 0 Å². The molecule has 0 aromatic heterocycles. The molecule has 6 heteroatoms. The molecular weight excluding hydrogens is 263 g/mol. The van der Waals surface area contributed by atoms with Crippen LogP contribution in [0.5, 0.6) is 11.5 Å². The molecule has 0 saturated heterocycles. The summed E-state index contributed by atoms with van der Waals surface area (Å²) in [5, 5.41) is 14.6. The van der Waals surface area contributed by atoms with Crippen molar-refractivity contribution in [1.82, 2.24) is 0 Å². The van der Waals surface area contributed by atoms with Crippen LogP contribution in [0.15, 0.2) is 42.5 Å². The molecule has 5 nitrogen and oxygen atoms in total. The van der Waals surface area contributed by atoms with Gasteiger partial charge in [0.25, 0.3) is 0 Å². The average Bonchev–Trinajstić information content (AvgIpc) is 2.41. The van der Waals surface area contributed by atoms with E-state index in [0.717, 1.165) is 0 Å². The van der Waals surface area contributed by atoms with Crippen LogP contribution in [-0.4, -0.2) is 18.2 Å². The van der Waals surface area contributed by atoms with E-state index in [4.69, 9.17) is 4.74 Å². The van der Waals surface area contributed by atoms with E-state index in [1.807, 2.05) is 0 Å². The van der Waals surface area contributed by atoms with Gasteiger partial charge in [-0.05, 0) is 30.3 Å². The minimum absolute atomic E-state index is 0.126. The van der Waals surface area contributed by atoms with Crippen LogP contribution in [0.3, 0.4) is 0 Å². The third kappa shape index (κ3) is 3.38. The lowest BCUT2D eigenvalue weighted by Crippen LogP contribution is -2.19. The Bertz CT molecular complexity index is 632. The molecule has 0 radical (unpaired) electrons. The monoisotopic (exact) mass is 276 g/mol. The number of carbonyl (C=O) groups is 1. The summed E-state index contributed by atoms with van der Waals surface area (Å²) < 4.78 is 17.9. The number of benzene rings is 2. The van der Waals surface area contributed by atoms with Crippen molar-refractivity contribution in [2.24, 2.45) is 0 Å². The first-order valence-corrected chi connectivity index (χ1v) is 5.79. The van der Waals surface area contributed by atoms with E-state index in [2.05, 4.69) is 10.6 Å². The maximum atomic E-state index is 13.0. The number of phenolic OH excluding ortho intramolecular Hbond substituents is 1. The number of amides is 2. The van der Waals surface area contributed by atoms with Crippen molar-refractivity contribution < 1.29 is 19.0 Å². The summed E-state index contributed by atoms with van der Waals surface area (Å²) in [5.74, 6) is -0.104. The number of phenols is 1. The fourth-order valence-electron chi connectivity index (χ4n) is 1.60. The molecular formula is C14H13FN2O3. The summed E-state index contributed by atoms with van der Waals surface area (Å²) in [7, 11) is 1.47. The number of hydrogen-bond donors (Lipinski definition) is 3. The van der Waals surface area contributed by atoms with Crippen LogP contribution in [0.2, 0.25) is 0 Å². The van der Waals surface area contributed by atoms with E-state index in [1.54, 1.807) is 12.1 Å². The second-order valence-electron chi connectivity index (χ2n) is 3.97. The number of ether oxygens (including phenoxy) is 1. The maximum Gasteiger partial charge on any atom is 0.323 e. The highest BCUT2D eigenvalue weighted by atomic mass is 19.1. The molecule has 0 aliphatic rings. The highest BCUT2D eigenvalue weighted by Gasteiger charge is 2.08. The number of halogens is 1. The van der Waals surface area contributed by atoms with E-state index in [9.17, 15) is 14.3 Å². The number of methoxy groups -OCH3 is 1. The van der Waals surface area contributed by atoms with Crippen LogP contribution in [0.25, 0.3) is 0 Å². The van der Waals surface area contributed by atoms with Gasteiger partial charge in [0.1, 0.15) is 17.3 Å². The second-order valence-corrected chi connectivity index (χ2v) is 3.97. The normalized spacial score (nSPS) is 9.90. The highest BCUT2D eigenvalue weighted by Crippen LogP contribution is 2.27. The van der Waals surface area contributed by atoms with Gasteiger partial charge < -0.3 is 20.5 Å². The van der Waals surface area contributed by atoms with Crippen LogP contribution in [0, 0.1) is 5.82 Å². The summed E-state index contributed by atoms with van der Waals surface area (Å²) in [4.78, 5) is 11.7. The number of urea groups is 1. The fourth-order valence-corrected chi connectivity index (χ4v) is 1.60. The van der Waals surface area contributed by atoms with Gasteiger partial charge in [0.05, 0.1) is 12.8 Å². The largest absolute Gasteiger partial charge is 0.506 e. The molecule has 0 aliphatic heterocycles. The highest BCUT2D eigenvalue weighted by molar-refractivity contribution is 6.00. The molecule has 20 heavy (non-hydrogen) atoms. The van der Waals surface area contributed by atoms with Gasteiger partial charge in [-0.15, -0.1) is 0 Å². The zero-order valence-corrected chi connectivity index (χ0v) is 10.7. The zero-order valence-electron chi connectivity index (χ0n) is 10.7. The number of carbonyl (C=O) groups excluding carboxylic acids is 1. The van der Waals surface area contributed by atoms with Gasteiger partial charge >= 0.3 is 6.03 Å². The zero-order chi connectivity index (χ0) is 14.5. The van der Waals surface area contributed by atoms with Gasteiger partial charge in [-0.2, -0.15) is 0 Å². The van der Waals surface area contributed by atoms with Crippen molar-refractivity contribution in [1.29, 1.82) is 0 Å². The van der Waals surface area contributed by atoms with Gasteiger partial charge in [0.15, 0.2) is 0 Å². The first-order chi connectivity index (χ1) is 9.58. The van der Waals surface area contributed by atoms with Crippen molar-refractivity contribution in [3.8, 4) is 11.5 Å². The second kappa shape index (κ2) is 5.92. The van der Waals surface area contributed by atoms with E-state index in [-0.39, 0.29) is 11.4 Å². The molecule has 2 rings (SSSR count). The van der Waals surface area contributed by atoms with E-state index < -0.39 is 11.8 Å². The molecule has 0 spiro atoms. The number of aromatic hydroxyl groups is 1. The fraction of sp³-hybridized carbons (Fsp3) is 0.0714. The molecule has 0 aliphatic carbocycles. The molecule has 0 bridgehead atoms. The molecule has 104 valence electrons. The Balaban J connectivity index is 2.05. The molecule has 0 atom stereocenters. The average molecular weight is 276 g/mol. The number of anilines is 2. The first kappa shape index (κ1) is 13.7. The lowest BCUT2D eigenvalue weighted by atomic mass is 10.2. The SMILES string of the molecule is COc1ccc(NC(=O)Nc2cccc(F)c2)c(O)c1. The minimum Gasteiger partial charge on any atom is -0.506 e. The quantitative estimate of drug-likeness (QED) is 0.754. The predicted octanol–water partition coefficient (Wildman–Crippen LogP) is 3.18. The number of hydrogen-bond acceptors (Lipinski definition) is 3. The van der Waals surface area contributed by atoms with Gasteiger partial charge in [-0.25, -0.2) is 9.18 Å². The Hall–Kier alpha value is -2.76. The van der Waals surface area contributed by atoms with Crippen molar-refractivity contribution in [2.75, 3.05) is 17.7 Å². The van der Waals surface area contributed by atoms with Crippen molar-refractivity contribution in [3.63, 3.8) is 0 Å². The molecule has 0 saturated carbocycles. The molecule has 2 aromatic rings. The van der Waals surface area contributed by atoms with Crippen LogP contribution < -0.4 is 15.4 Å². The molecule has 0 fully saturated rings. The van der Waals surface area contributed by atoms with Gasteiger partial charge in [-0.3, -0.25) is 0 Å². The number of rotatable bonds is 3. The van der Waals surface area contributed by atoms with Crippen molar-refractivity contribution >= 4 is 17.4 Å². The molecule has 2 amide bonds. The Kier molecular flexibility index (Phi) is 4.05. The Morgan fingerprint density at radius 1 is 1.20 bits per heavy atom. The summed E-state index contributed by atoms with van der Waals surface area (Å²) >= 11 is 0. The maximum absolute atomic E-state index is 13.0. The standard InChI is InChI=1S/C14H13FN2O3/c1-20-11-5-6-12(13(18)8-11)17-14(19)16-10-4-2-3-9(15)7-10/h2-8,18H,1H3,(H2,16,17,19). The topological polar surface area (TPSA) is 70.6 Å². The summed E-state index contributed by atoms with van der Waals surface area (Å²) in [6.45, 7) is 0. The van der Waals surface area contributed by atoms with E-state index >= 15 is 0 Å². The van der Waals surface area contributed by atoms with Crippen molar-refractivity contribution in [3.05, 3.63) is 48.3 Å². The van der Waals surface area contributed by atoms with E-state index in [0.29, 0.717) is 11.4 Å². The predicted molar refractivity (Wildman–Crippen MR) is 73.7 cm³/mol. The van der Waals surface area contributed by atoms with Gasteiger partial charge in [0, 0.05) is 11.8 Å². The van der Waals surface area contributed by atoms with Crippen LogP contribution in [0.4, 0.5) is 20.6 Å². The Morgan fingerprint density at radius 2 is 2.00 bits per heavy atom. The summed E-state index contributed by atoms with van der Waals surface area (Å²) in [6, 6.07) is 9.38. The van der Waals surface area contributed by atoms with Crippen LogP contribution >= 0.6 is 0 Å².